The highest BCUT2D eigenvalue weighted by molar-refractivity contribution is 9.10. The minimum absolute atomic E-state index is 0.425. The molecule has 0 amide bonds. The Morgan fingerprint density at radius 1 is 1.50 bits per heavy atom. The van der Waals surface area contributed by atoms with Gasteiger partial charge in [0.15, 0.2) is 0 Å². The largest absolute Gasteiger partial charge is 0.383 e. The van der Waals surface area contributed by atoms with E-state index >= 15 is 0 Å². The minimum Gasteiger partial charge on any atom is -0.383 e. The summed E-state index contributed by atoms with van der Waals surface area (Å²) >= 11 is 3.43. The Bertz CT molecular complexity index is 301. The van der Waals surface area contributed by atoms with Gasteiger partial charge in [0.05, 0.1) is 6.61 Å². The highest BCUT2D eigenvalue weighted by Gasteiger charge is 2.07. The number of hydrogen-bond donors (Lipinski definition) is 1. The Hall–Kier alpha value is -0.450. The quantitative estimate of drug-likeness (QED) is 0.836. The highest BCUT2D eigenvalue weighted by Crippen LogP contribution is 2.11. The molecule has 0 aliphatic heterocycles. The average molecular weight is 287 g/mol. The summed E-state index contributed by atoms with van der Waals surface area (Å²) in [5, 5.41) is 3.41. The summed E-state index contributed by atoms with van der Waals surface area (Å²) < 4.78 is 6.22. The van der Waals surface area contributed by atoms with E-state index in [2.05, 4.69) is 39.2 Å². The van der Waals surface area contributed by atoms with Gasteiger partial charge in [0.2, 0.25) is 0 Å². The Morgan fingerprint density at radius 2 is 2.31 bits per heavy atom. The van der Waals surface area contributed by atoms with Crippen LogP contribution in [0.15, 0.2) is 22.9 Å². The van der Waals surface area contributed by atoms with Gasteiger partial charge in [0, 0.05) is 30.0 Å². The molecule has 0 fully saturated rings. The van der Waals surface area contributed by atoms with Crippen molar-refractivity contribution in [1.29, 1.82) is 0 Å². The zero-order valence-electron chi connectivity index (χ0n) is 9.87. The molecule has 0 aromatic carbocycles. The maximum atomic E-state index is 5.18. The van der Waals surface area contributed by atoms with Gasteiger partial charge in [-0.1, -0.05) is 6.92 Å². The van der Waals surface area contributed by atoms with Gasteiger partial charge in [-0.2, -0.15) is 0 Å². The fourth-order valence-corrected chi connectivity index (χ4v) is 2.08. The molecule has 0 spiro atoms. The zero-order valence-corrected chi connectivity index (χ0v) is 11.5. The monoisotopic (exact) mass is 286 g/mol. The lowest BCUT2D eigenvalue weighted by Crippen LogP contribution is -2.33. The summed E-state index contributed by atoms with van der Waals surface area (Å²) in [7, 11) is 1.74. The molecule has 1 heterocycles. The van der Waals surface area contributed by atoms with Gasteiger partial charge in [-0.25, -0.2) is 0 Å². The molecule has 16 heavy (non-hydrogen) atoms. The van der Waals surface area contributed by atoms with Crippen molar-refractivity contribution in [2.24, 2.45) is 0 Å². The number of ether oxygens (including phenoxy) is 1. The molecular weight excluding hydrogens is 268 g/mol. The smallest absolute Gasteiger partial charge is 0.0615 e. The second-order valence-electron chi connectivity index (χ2n) is 3.76. The van der Waals surface area contributed by atoms with Gasteiger partial charge in [0.25, 0.3) is 0 Å². The van der Waals surface area contributed by atoms with Crippen molar-refractivity contribution in [2.45, 2.75) is 25.8 Å². The lowest BCUT2D eigenvalue weighted by Gasteiger charge is -2.16. The van der Waals surface area contributed by atoms with E-state index in [-0.39, 0.29) is 0 Å². The van der Waals surface area contributed by atoms with E-state index in [0.717, 1.165) is 30.5 Å². The topological polar surface area (TPSA) is 34.2 Å². The normalized spacial score (nSPS) is 12.7. The first-order valence-corrected chi connectivity index (χ1v) is 6.37. The summed E-state index contributed by atoms with van der Waals surface area (Å²) in [6.45, 7) is 3.85. The number of hydrogen-bond acceptors (Lipinski definition) is 3. The molecule has 1 N–H and O–H groups in total. The third kappa shape index (κ3) is 5.05. The number of halogens is 1. The summed E-state index contributed by atoms with van der Waals surface area (Å²) in [4.78, 5) is 4.16. The van der Waals surface area contributed by atoms with Crippen LogP contribution in [0.25, 0.3) is 0 Å². The summed E-state index contributed by atoms with van der Waals surface area (Å²) in [6, 6.07) is 2.54. The number of aromatic nitrogens is 1. The molecule has 3 nitrogen and oxygen atoms in total. The van der Waals surface area contributed by atoms with Crippen LogP contribution in [0.2, 0.25) is 0 Å². The van der Waals surface area contributed by atoms with Crippen LogP contribution in [0.4, 0.5) is 0 Å². The van der Waals surface area contributed by atoms with Crippen LogP contribution >= 0.6 is 15.9 Å². The zero-order chi connectivity index (χ0) is 11.8. The molecule has 1 aromatic heterocycles. The number of nitrogens with one attached hydrogen (secondary N) is 1. The van der Waals surface area contributed by atoms with Crippen molar-refractivity contribution >= 4 is 15.9 Å². The van der Waals surface area contributed by atoms with Crippen molar-refractivity contribution in [3.05, 3.63) is 28.5 Å². The number of rotatable bonds is 7. The average Bonchev–Trinajstić information content (AvgIpc) is 2.27. The van der Waals surface area contributed by atoms with Gasteiger partial charge in [-0.15, -0.1) is 0 Å². The first-order valence-electron chi connectivity index (χ1n) is 5.58. The van der Waals surface area contributed by atoms with Gasteiger partial charge in [0.1, 0.15) is 0 Å². The van der Waals surface area contributed by atoms with Crippen molar-refractivity contribution < 1.29 is 4.74 Å². The van der Waals surface area contributed by atoms with Crippen molar-refractivity contribution in [2.75, 3.05) is 20.3 Å². The predicted molar refractivity (Wildman–Crippen MR) is 69.6 cm³/mol. The van der Waals surface area contributed by atoms with Crippen molar-refractivity contribution in [1.82, 2.24) is 10.3 Å². The third-order valence-corrected chi connectivity index (χ3v) is 2.84. The first kappa shape index (κ1) is 13.6. The fraction of sp³-hybridized carbons (Fsp3) is 0.583. The van der Waals surface area contributed by atoms with Crippen molar-refractivity contribution in [3.8, 4) is 0 Å². The molecule has 0 aliphatic rings. The predicted octanol–water partition coefficient (Wildman–Crippen LogP) is 2.40. The summed E-state index contributed by atoms with van der Waals surface area (Å²) in [5.74, 6) is 0. The van der Waals surface area contributed by atoms with E-state index in [0.29, 0.717) is 6.04 Å². The molecule has 1 unspecified atom stereocenters. The van der Waals surface area contributed by atoms with Crippen LogP contribution in [0.5, 0.6) is 0 Å². The van der Waals surface area contributed by atoms with E-state index < -0.39 is 0 Å². The molecule has 1 aromatic rings. The number of likely N-dealkylation sites (N-methyl/N-ethyl adjacent to an activating group) is 1. The van der Waals surface area contributed by atoms with E-state index in [1.54, 1.807) is 13.3 Å². The maximum Gasteiger partial charge on any atom is 0.0615 e. The summed E-state index contributed by atoms with van der Waals surface area (Å²) in [6.07, 6.45) is 5.81. The molecule has 0 radical (unpaired) electrons. The fourth-order valence-electron chi connectivity index (χ4n) is 1.67. The van der Waals surface area contributed by atoms with Gasteiger partial charge >= 0.3 is 0 Å². The highest BCUT2D eigenvalue weighted by atomic mass is 79.9. The molecule has 0 bridgehead atoms. The molecule has 1 rings (SSSR count). The molecular formula is C12H19BrN2O. The Labute approximate surface area is 106 Å². The summed E-state index contributed by atoms with van der Waals surface area (Å²) in [5.41, 5.74) is 1.26. The van der Waals surface area contributed by atoms with Gasteiger partial charge < -0.3 is 10.1 Å². The first-order chi connectivity index (χ1) is 7.76. The van der Waals surface area contributed by atoms with Crippen LogP contribution < -0.4 is 5.32 Å². The van der Waals surface area contributed by atoms with Crippen molar-refractivity contribution in [3.63, 3.8) is 0 Å². The van der Waals surface area contributed by atoms with Crippen LogP contribution in [0.3, 0.4) is 0 Å². The van der Waals surface area contributed by atoms with Gasteiger partial charge in [-0.3, -0.25) is 4.98 Å². The second-order valence-corrected chi connectivity index (χ2v) is 4.68. The number of nitrogens with zero attached hydrogens (tertiary/aromatic N) is 1. The van der Waals surface area contributed by atoms with Crippen LogP contribution in [-0.4, -0.2) is 31.3 Å². The Kier molecular flexibility index (Phi) is 6.61. The van der Waals surface area contributed by atoms with E-state index in [9.17, 15) is 0 Å². The third-order valence-electron chi connectivity index (χ3n) is 2.40. The maximum absolute atomic E-state index is 5.18. The Balaban J connectivity index is 2.41. The number of pyridine rings is 1. The molecule has 1 atom stereocenters. The molecule has 0 saturated carbocycles. The molecule has 0 saturated heterocycles. The molecule has 90 valence electrons. The van der Waals surface area contributed by atoms with E-state index in [1.807, 2.05) is 6.20 Å². The van der Waals surface area contributed by atoms with Crippen LogP contribution in [-0.2, 0) is 11.2 Å². The molecule has 4 heteroatoms. The number of aryl methyl sites for hydroxylation is 1. The van der Waals surface area contributed by atoms with E-state index in [1.165, 1.54) is 5.56 Å². The molecule has 0 aliphatic carbocycles. The SMILES string of the molecule is CCNC(CCc1cncc(Br)c1)COC. The van der Waals surface area contributed by atoms with E-state index in [4.69, 9.17) is 4.74 Å². The minimum atomic E-state index is 0.425. The Morgan fingerprint density at radius 3 is 2.94 bits per heavy atom. The van der Waals surface area contributed by atoms with Crippen LogP contribution in [0, 0.1) is 0 Å². The lowest BCUT2D eigenvalue weighted by atomic mass is 10.1. The van der Waals surface area contributed by atoms with Crippen LogP contribution in [0.1, 0.15) is 18.9 Å². The second kappa shape index (κ2) is 7.76. The number of methoxy groups -OCH3 is 1. The standard InChI is InChI=1S/C12H19BrN2O/c1-3-15-12(9-16-2)5-4-10-6-11(13)8-14-7-10/h6-8,12,15H,3-5,9H2,1-2H3. The van der Waals surface area contributed by atoms with Gasteiger partial charge in [-0.05, 0) is 46.9 Å². The lowest BCUT2D eigenvalue weighted by molar-refractivity contribution is 0.163.